The Hall–Kier alpha value is -1.16. The summed E-state index contributed by atoms with van der Waals surface area (Å²) >= 11 is 0. The lowest BCUT2D eigenvalue weighted by Gasteiger charge is -2.38. The Bertz CT molecular complexity index is 421. The Morgan fingerprint density at radius 2 is 2.00 bits per heavy atom. The highest BCUT2D eigenvalue weighted by molar-refractivity contribution is 5.38. The molecule has 0 radical (unpaired) electrons. The Morgan fingerprint density at radius 1 is 1.25 bits per heavy atom. The summed E-state index contributed by atoms with van der Waals surface area (Å²) in [4.78, 5) is 11.6. The number of anilines is 1. The summed E-state index contributed by atoms with van der Waals surface area (Å²) in [6.07, 6.45) is 6.40. The van der Waals surface area contributed by atoms with Crippen LogP contribution in [0, 0.1) is 5.92 Å². The third-order valence-corrected chi connectivity index (χ3v) is 4.16. The van der Waals surface area contributed by atoms with Crippen LogP contribution in [0.2, 0.25) is 0 Å². The van der Waals surface area contributed by atoms with E-state index < -0.39 is 0 Å². The van der Waals surface area contributed by atoms with Crippen LogP contribution < -0.4 is 10.2 Å². The summed E-state index contributed by atoms with van der Waals surface area (Å²) in [7, 11) is 0. The molecule has 2 rings (SSSR count). The second-order valence-electron chi connectivity index (χ2n) is 7.02. The molecular formula is C16H28N4. The van der Waals surface area contributed by atoms with Crippen molar-refractivity contribution in [1.82, 2.24) is 15.3 Å². The van der Waals surface area contributed by atoms with E-state index in [1.165, 1.54) is 12.8 Å². The first kappa shape index (κ1) is 15.2. The van der Waals surface area contributed by atoms with Gasteiger partial charge < -0.3 is 10.2 Å². The first-order chi connectivity index (χ1) is 9.37. The highest BCUT2D eigenvalue weighted by atomic mass is 15.2. The lowest BCUT2D eigenvalue weighted by molar-refractivity contribution is 0.361. The largest absolute Gasteiger partial charge is 0.352 e. The van der Waals surface area contributed by atoms with Gasteiger partial charge in [-0.2, -0.15) is 0 Å². The molecule has 4 heteroatoms. The third kappa shape index (κ3) is 3.92. The lowest BCUT2D eigenvalue weighted by atomic mass is 9.92. The number of hydrogen-bond acceptors (Lipinski definition) is 4. The summed E-state index contributed by atoms with van der Waals surface area (Å²) in [5.74, 6) is 1.75. The van der Waals surface area contributed by atoms with Crippen molar-refractivity contribution >= 4 is 5.82 Å². The predicted octanol–water partition coefficient (Wildman–Crippen LogP) is 2.99. The molecule has 0 bridgehead atoms. The molecule has 1 aromatic rings. The summed E-state index contributed by atoms with van der Waals surface area (Å²) < 4.78 is 0. The van der Waals surface area contributed by atoms with E-state index in [1.807, 2.05) is 12.4 Å². The van der Waals surface area contributed by atoms with Gasteiger partial charge in [0, 0.05) is 24.7 Å². The zero-order valence-corrected chi connectivity index (χ0v) is 13.5. The molecule has 0 spiro atoms. The van der Waals surface area contributed by atoms with Crippen molar-refractivity contribution in [3.05, 3.63) is 18.1 Å². The van der Waals surface area contributed by atoms with Gasteiger partial charge in [0.2, 0.25) is 0 Å². The van der Waals surface area contributed by atoms with Crippen molar-refractivity contribution in [1.29, 1.82) is 0 Å². The lowest BCUT2D eigenvalue weighted by Crippen LogP contribution is -2.43. The quantitative estimate of drug-likeness (QED) is 0.921. The molecule has 0 aromatic carbocycles. The SMILES string of the molecule is CC1CCCN(c2cnc(CNC(C)(C)C)cn2)C1C. The van der Waals surface area contributed by atoms with E-state index in [0.717, 1.165) is 30.5 Å². The number of nitrogens with one attached hydrogen (secondary N) is 1. The van der Waals surface area contributed by atoms with Gasteiger partial charge in [-0.25, -0.2) is 4.98 Å². The standard InChI is InChI=1S/C16H28N4/c1-12-7-6-8-20(13(12)2)15-11-17-14(9-18-15)10-19-16(3,4)5/h9,11-13,19H,6-8,10H2,1-5H3. The van der Waals surface area contributed by atoms with Crippen molar-refractivity contribution in [2.75, 3.05) is 11.4 Å². The molecule has 1 saturated heterocycles. The number of aromatic nitrogens is 2. The van der Waals surface area contributed by atoms with Crippen LogP contribution >= 0.6 is 0 Å². The number of hydrogen-bond donors (Lipinski definition) is 1. The molecule has 1 aliphatic heterocycles. The molecule has 1 N–H and O–H groups in total. The number of piperidine rings is 1. The minimum atomic E-state index is 0.108. The molecule has 0 amide bonds. The molecule has 1 aromatic heterocycles. The fraction of sp³-hybridized carbons (Fsp3) is 0.750. The zero-order valence-electron chi connectivity index (χ0n) is 13.5. The molecular weight excluding hydrogens is 248 g/mol. The van der Waals surface area contributed by atoms with Gasteiger partial charge in [-0.05, 0) is 46.5 Å². The third-order valence-electron chi connectivity index (χ3n) is 4.16. The highest BCUT2D eigenvalue weighted by Gasteiger charge is 2.25. The minimum Gasteiger partial charge on any atom is -0.352 e. The summed E-state index contributed by atoms with van der Waals surface area (Å²) in [5.41, 5.74) is 1.11. The van der Waals surface area contributed by atoms with E-state index in [2.05, 4.69) is 54.8 Å². The summed E-state index contributed by atoms with van der Waals surface area (Å²) in [5, 5.41) is 3.44. The van der Waals surface area contributed by atoms with E-state index in [1.54, 1.807) is 0 Å². The monoisotopic (exact) mass is 276 g/mol. The minimum absolute atomic E-state index is 0.108. The number of rotatable bonds is 3. The molecule has 1 aliphatic rings. The summed E-state index contributed by atoms with van der Waals surface area (Å²) in [6.45, 7) is 13.0. The Kier molecular flexibility index (Phi) is 4.63. The van der Waals surface area contributed by atoms with Crippen molar-refractivity contribution in [2.24, 2.45) is 5.92 Å². The zero-order chi connectivity index (χ0) is 14.8. The molecule has 0 aliphatic carbocycles. The van der Waals surface area contributed by atoms with Crippen LogP contribution in [0.25, 0.3) is 0 Å². The smallest absolute Gasteiger partial charge is 0.147 e. The van der Waals surface area contributed by atoms with Gasteiger partial charge in [-0.15, -0.1) is 0 Å². The average Bonchev–Trinajstić information content (AvgIpc) is 2.40. The van der Waals surface area contributed by atoms with Crippen LogP contribution in [0.4, 0.5) is 5.82 Å². The Morgan fingerprint density at radius 3 is 2.60 bits per heavy atom. The van der Waals surface area contributed by atoms with Gasteiger partial charge in [-0.3, -0.25) is 4.98 Å². The summed E-state index contributed by atoms with van der Waals surface area (Å²) in [6, 6.07) is 0.552. The normalized spacial score (nSPS) is 23.9. The van der Waals surface area contributed by atoms with E-state index in [4.69, 9.17) is 0 Å². The van der Waals surface area contributed by atoms with Crippen molar-refractivity contribution in [2.45, 2.75) is 65.6 Å². The van der Waals surface area contributed by atoms with Crippen LogP contribution in [0.15, 0.2) is 12.4 Å². The fourth-order valence-corrected chi connectivity index (χ4v) is 2.60. The Labute approximate surface area is 123 Å². The van der Waals surface area contributed by atoms with Gasteiger partial charge in [0.25, 0.3) is 0 Å². The van der Waals surface area contributed by atoms with Gasteiger partial charge in [0.1, 0.15) is 5.82 Å². The maximum Gasteiger partial charge on any atom is 0.147 e. The van der Waals surface area contributed by atoms with Crippen LogP contribution in [0.5, 0.6) is 0 Å². The maximum absolute atomic E-state index is 4.61. The fourth-order valence-electron chi connectivity index (χ4n) is 2.60. The van der Waals surface area contributed by atoms with Crippen molar-refractivity contribution in [3.63, 3.8) is 0 Å². The van der Waals surface area contributed by atoms with E-state index in [0.29, 0.717) is 6.04 Å². The number of nitrogens with zero attached hydrogens (tertiary/aromatic N) is 3. The van der Waals surface area contributed by atoms with Crippen molar-refractivity contribution in [3.8, 4) is 0 Å². The molecule has 2 heterocycles. The van der Waals surface area contributed by atoms with Gasteiger partial charge in [0.15, 0.2) is 0 Å². The van der Waals surface area contributed by atoms with Gasteiger partial charge >= 0.3 is 0 Å². The Balaban J connectivity index is 2.00. The molecule has 1 fully saturated rings. The molecule has 112 valence electrons. The first-order valence-corrected chi connectivity index (χ1v) is 7.69. The van der Waals surface area contributed by atoms with E-state index in [-0.39, 0.29) is 5.54 Å². The second-order valence-corrected chi connectivity index (χ2v) is 7.02. The topological polar surface area (TPSA) is 41.1 Å². The van der Waals surface area contributed by atoms with Crippen LogP contribution in [-0.4, -0.2) is 28.1 Å². The van der Waals surface area contributed by atoms with E-state index >= 15 is 0 Å². The van der Waals surface area contributed by atoms with Crippen LogP contribution in [-0.2, 0) is 6.54 Å². The van der Waals surface area contributed by atoms with Gasteiger partial charge in [-0.1, -0.05) is 6.92 Å². The molecule has 2 atom stereocenters. The molecule has 4 nitrogen and oxygen atoms in total. The second kappa shape index (κ2) is 6.08. The average molecular weight is 276 g/mol. The predicted molar refractivity (Wildman–Crippen MR) is 83.8 cm³/mol. The van der Waals surface area contributed by atoms with E-state index in [9.17, 15) is 0 Å². The van der Waals surface area contributed by atoms with Crippen LogP contribution in [0.3, 0.4) is 0 Å². The van der Waals surface area contributed by atoms with Crippen molar-refractivity contribution < 1.29 is 0 Å². The molecule has 2 unspecified atom stereocenters. The molecule has 0 saturated carbocycles. The highest BCUT2D eigenvalue weighted by Crippen LogP contribution is 2.26. The van der Waals surface area contributed by atoms with Gasteiger partial charge in [0.05, 0.1) is 18.1 Å². The first-order valence-electron chi connectivity index (χ1n) is 7.69. The maximum atomic E-state index is 4.61. The van der Waals surface area contributed by atoms with Crippen LogP contribution in [0.1, 0.15) is 53.2 Å². The molecule has 20 heavy (non-hydrogen) atoms.